The number of hydrogen-bond donors (Lipinski definition) is 0. The predicted octanol–water partition coefficient (Wildman–Crippen LogP) is 8.73. The van der Waals surface area contributed by atoms with Gasteiger partial charge >= 0.3 is 0 Å². The van der Waals surface area contributed by atoms with Crippen molar-refractivity contribution in [2.24, 2.45) is 0 Å². The van der Waals surface area contributed by atoms with Crippen molar-refractivity contribution in [3.8, 4) is 39.9 Å². The Bertz CT molecular complexity index is 1820. The summed E-state index contributed by atoms with van der Waals surface area (Å²) in [6.45, 7) is 0. The van der Waals surface area contributed by atoms with Crippen LogP contribution in [0.2, 0.25) is 0 Å². The number of rotatable bonds is 4. The summed E-state index contributed by atoms with van der Waals surface area (Å²) in [5.74, 6) is 1.93. The second-order valence-electron chi connectivity index (χ2n) is 9.07. The zero-order valence-electron chi connectivity index (χ0n) is 20.3. The van der Waals surface area contributed by atoms with E-state index in [1.165, 1.54) is 21.8 Å². The predicted molar refractivity (Wildman–Crippen MR) is 158 cm³/mol. The highest BCUT2D eigenvalue weighted by Gasteiger charge is 2.16. The molecule has 0 radical (unpaired) electrons. The molecule has 4 nitrogen and oxygen atoms in total. The molecular weight excluding hydrogens is 532 g/mol. The van der Waals surface area contributed by atoms with E-state index in [0.29, 0.717) is 17.5 Å². The van der Waals surface area contributed by atoms with Crippen molar-refractivity contribution < 1.29 is 0 Å². The number of aromatic nitrogens is 4. The molecule has 0 spiro atoms. The van der Waals surface area contributed by atoms with Gasteiger partial charge in [-0.05, 0) is 46.3 Å². The molecule has 2 aromatic heterocycles. The standard InChI is InChI=1S/C33H21BrN4/c34-27-21-24(19-20-30(27)38-28-17-9-7-15-25(28)26-16-8-10-18-29(26)38)33-36-31(22-11-3-1-4-12-22)35-32(37-33)23-13-5-2-6-14-23/h1-21H. The number of hydrogen-bond acceptors (Lipinski definition) is 3. The fraction of sp³-hybridized carbons (Fsp3) is 0. The summed E-state index contributed by atoms with van der Waals surface area (Å²) in [5, 5.41) is 2.47. The normalized spacial score (nSPS) is 11.3. The Morgan fingerprint density at radius 1 is 0.447 bits per heavy atom. The summed E-state index contributed by atoms with van der Waals surface area (Å²) in [6.07, 6.45) is 0. The van der Waals surface area contributed by atoms with Crippen LogP contribution in [0.15, 0.2) is 132 Å². The van der Waals surface area contributed by atoms with Crippen molar-refractivity contribution >= 4 is 37.7 Å². The van der Waals surface area contributed by atoms with Gasteiger partial charge in [0.05, 0.1) is 16.7 Å². The fourth-order valence-electron chi connectivity index (χ4n) is 4.95. The fourth-order valence-corrected chi connectivity index (χ4v) is 5.50. The van der Waals surface area contributed by atoms with Crippen molar-refractivity contribution in [1.82, 2.24) is 19.5 Å². The lowest BCUT2D eigenvalue weighted by molar-refractivity contribution is 1.07. The zero-order chi connectivity index (χ0) is 25.5. The summed E-state index contributed by atoms with van der Waals surface area (Å²) in [4.78, 5) is 14.6. The third kappa shape index (κ3) is 3.88. The van der Waals surface area contributed by atoms with Gasteiger partial charge in [0.15, 0.2) is 17.5 Å². The van der Waals surface area contributed by atoms with Crippen LogP contribution in [0.3, 0.4) is 0 Å². The number of benzene rings is 5. The minimum atomic E-state index is 0.632. The Balaban J connectivity index is 1.40. The van der Waals surface area contributed by atoms with Crippen LogP contribution in [0.25, 0.3) is 61.7 Å². The smallest absolute Gasteiger partial charge is 0.164 e. The second kappa shape index (κ2) is 9.36. The van der Waals surface area contributed by atoms with Gasteiger partial charge in [-0.3, -0.25) is 0 Å². The molecule has 0 unspecified atom stereocenters. The first-order valence-corrected chi connectivity index (χ1v) is 13.2. The van der Waals surface area contributed by atoms with Crippen LogP contribution < -0.4 is 0 Å². The van der Waals surface area contributed by atoms with Crippen molar-refractivity contribution in [2.75, 3.05) is 0 Å². The summed E-state index contributed by atoms with van der Waals surface area (Å²) >= 11 is 3.87. The van der Waals surface area contributed by atoms with Gasteiger partial charge in [0.1, 0.15) is 0 Å². The van der Waals surface area contributed by atoms with E-state index < -0.39 is 0 Å². The lowest BCUT2D eigenvalue weighted by atomic mass is 10.1. The summed E-state index contributed by atoms with van der Waals surface area (Å²) < 4.78 is 3.26. The second-order valence-corrected chi connectivity index (χ2v) is 9.93. The maximum Gasteiger partial charge on any atom is 0.164 e. The Morgan fingerprint density at radius 2 is 0.895 bits per heavy atom. The van der Waals surface area contributed by atoms with E-state index in [4.69, 9.17) is 15.0 Å². The highest BCUT2D eigenvalue weighted by atomic mass is 79.9. The zero-order valence-corrected chi connectivity index (χ0v) is 21.9. The molecule has 0 saturated carbocycles. The minimum absolute atomic E-state index is 0.632. The van der Waals surface area contributed by atoms with Gasteiger partial charge in [-0.25, -0.2) is 15.0 Å². The van der Waals surface area contributed by atoms with Crippen molar-refractivity contribution in [2.45, 2.75) is 0 Å². The van der Waals surface area contributed by atoms with E-state index in [9.17, 15) is 0 Å². The molecule has 7 aromatic rings. The first kappa shape index (κ1) is 22.6. The molecule has 0 N–H and O–H groups in total. The maximum atomic E-state index is 4.88. The summed E-state index contributed by atoms with van der Waals surface area (Å²) in [6, 6.07) is 43.4. The number of nitrogens with zero attached hydrogens (tertiary/aromatic N) is 4. The third-order valence-electron chi connectivity index (χ3n) is 6.73. The molecule has 7 rings (SSSR count). The van der Waals surface area contributed by atoms with E-state index in [-0.39, 0.29) is 0 Å². The van der Waals surface area contributed by atoms with Crippen LogP contribution in [0.4, 0.5) is 0 Å². The lowest BCUT2D eigenvalue weighted by Crippen LogP contribution is -2.01. The van der Waals surface area contributed by atoms with Crippen LogP contribution in [0.5, 0.6) is 0 Å². The number of fused-ring (bicyclic) bond motifs is 3. The molecule has 5 heteroatoms. The molecule has 2 heterocycles. The third-order valence-corrected chi connectivity index (χ3v) is 7.36. The van der Waals surface area contributed by atoms with Crippen LogP contribution in [0.1, 0.15) is 0 Å². The quantitative estimate of drug-likeness (QED) is 0.219. The van der Waals surface area contributed by atoms with E-state index >= 15 is 0 Å². The monoisotopic (exact) mass is 552 g/mol. The van der Waals surface area contributed by atoms with Gasteiger partial charge in [0.25, 0.3) is 0 Å². The van der Waals surface area contributed by atoms with E-state index in [0.717, 1.165) is 26.9 Å². The van der Waals surface area contributed by atoms with E-state index in [1.54, 1.807) is 0 Å². The lowest BCUT2D eigenvalue weighted by Gasteiger charge is -2.12. The minimum Gasteiger partial charge on any atom is -0.308 e. The summed E-state index contributed by atoms with van der Waals surface area (Å²) in [5.41, 5.74) is 6.22. The molecule has 0 fully saturated rings. The van der Waals surface area contributed by atoms with E-state index in [1.807, 2.05) is 60.7 Å². The molecule has 0 bridgehead atoms. The van der Waals surface area contributed by atoms with Crippen LogP contribution in [0, 0.1) is 0 Å². The molecule has 180 valence electrons. The van der Waals surface area contributed by atoms with Gasteiger partial charge in [-0.2, -0.15) is 0 Å². The topological polar surface area (TPSA) is 43.6 Å². The molecule has 5 aromatic carbocycles. The first-order valence-electron chi connectivity index (χ1n) is 12.4. The summed E-state index contributed by atoms with van der Waals surface area (Å²) in [7, 11) is 0. The molecule has 0 saturated heterocycles. The SMILES string of the molecule is Brc1cc(-c2nc(-c3ccccc3)nc(-c3ccccc3)n2)ccc1-n1c2ccccc2c2ccccc21. The Morgan fingerprint density at radius 3 is 1.39 bits per heavy atom. The van der Waals surface area contributed by atoms with Crippen LogP contribution in [-0.2, 0) is 0 Å². The average molecular weight is 553 g/mol. The van der Waals surface area contributed by atoms with Gasteiger partial charge in [0, 0.05) is 31.9 Å². The van der Waals surface area contributed by atoms with Crippen molar-refractivity contribution in [3.63, 3.8) is 0 Å². The Kier molecular flexibility index (Phi) is 5.56. The highest BCUT2D eigenvalue weighted by Crippen LogP contribution is 2.36. The molecular formula is C33H21BrN4. The highest BCUT2D eigenvalue weighted by molar-refractivity contribution is 9.10. The van der Waals surface area contributed by atoms with Gasteiger partial charge in [0.2, 0.25) is 0 Å². The van der Waals surface area contributed by atoms with Gasteiger partial charge < -0.3 is 4.57 Å². The Labute approximate surface area is 228 Å². The first-order chi connectivity index (χ1) is 18.8. The van der Waals surface area contributed by atoms with Crippen molar-refractivity contribution in [1.29, 1.82) is 0 Å². The van der Waals surface area contributed by atoms with E-state index in [2.05, 4.69) is 87.2 Å². The number of para-hydroxylation sites is 2. The molecule has 0 aliphatic heterocycles. The maximum absolute atomic E-state index is 4.88. The number of halogens is 1. The Hall–Kier alpha value is -4.61. The molecule has 38 heavy (non-hydrogen) atoms. The molecule has 0 aliphatic rings. The molecule has 0 aliphatic carbocycles. The molecule has 0 amide bonds. The van der Waals surface area contributed by atoms with Gasteiger partial charge in [-0.15, -0.1) is 0 Å². The average Bonchev–Trinajstić information content (AvgIpc) is 3.32. The van der Waals surface area contributed by atoms with Gasteiger partial charge in [-0.1, -0.05) is 97.1 Å². The largest absolute Gasteiger partial charge is 0.308 e. The molecule has 0 atom stereocenters. The van der Waals surface area contributed by atoms with Crippen molar-refractivity contribution in [3.05, 3.63) is 132 Å². The van der Waals surface area contributed by atoms with Crippen LogP contribution in [-0.4, -0.2) is 19.5 Å². The van der Waals surface area contributed by atoms with Crippen LogP contribution >= 0.6 is 15.9 Å².